The number of nitrogens with zero attached hydrogens (tertiary/aromatic N) is 2. The Morgan fingerprint density at radius 3 is 2.65 bits per heavy atom. The third-order valence-corrected chi connectivity index (χ3v) is 3.44. The molecule has 1 amide bonds. The summed E-state index contributed by atoms with van der Waals surface area (Å²) >= 11 is 0. The molecule has 0 saturated carbocycles. The Bertz CT molecular complexity index is 1050. The van der Waals surface area contributed by atoms with Crippen molar-refractivity contribution in [1.29, 1.82) is 0 Å². The smallest absolute Gasteiger partial charge is 0.280 e. The summed E-state index contributed by atoms with van der Waals surface area (Å²) in [5.41, 5.74) is 2.34. The molecule has 2 N–H and O–H groups in total. The summed E-state index contributed by atoms with van der Waals surface area (Å²) in [6.45, 7) is 2.81. The molecule has 0 unspecified atom stereocenters. The first kappa shape index (κ1) is 14.8. The van der Waals surface area contributed by atoms with E-state index >= 15 is 0 Å². The molecule has 0 aliphatic carbocycles. The predicted molar refractivity (Wildman–Crippen MR) is 82.9 cm³/mol. The summed E-state index contributed by atoms with van der Waals surface area (Å²) in [6, 6.07) is 6.71. The Labute approximate surface area is 128 Å². The number of rotatable bonds is 2. The van der Waals surface area contributed by atoms with Crippen LogP contribution >= 0.6 is 0 Å². The van der Waals surface area contributed by atoms with E-state index in [0.29, 0.717) is 16.9 Å². The third-order valence-electron chi connectivity index (χ3n) is 3.44. The molecule has 3 rings (SSSR count). The van der Waals surface area contributed by atoms with Gasteiger partial charge in [0.15, 0.2) is 0 Å². The minimum Gasteiger partial charge on any atom is -0.290 e. The SMILES string of the molecule is CC(=O)Nn1c(C)c2c(=O)n(-c3cccc(F)c3)[nH]c2cc1=O. The van der Waals surface area contributed by atoms with E-state index in [1.807, 2.05) is 0 Å². The number of hydrogen-bond acceptors (Lipinski definition) is 3. The average molecular weight is 316 g/mol. The molecular weight excluding hydrogens is 303 g/mol. The van der Waals surface area contributed by atoms with Crippen LogP contribution in [0.15, 0.2) is 39.9 Å². The first-order chi connectivity index (χ1) is 10.9. The van der Waals surface area contributed by atoms with Crippen LogP contribution in [0, 0.1) is 12.7 Å². The van der Waals surface area contributed by atoms with Crippen molar-refractivity contribution in [3.05, 3.63) is 62.6 Å². The van der Waals surface area contributed by atoms with Crippen LogP contribution in [-0.4, -0.2) is 20.4 Å². The number of carbonyl (C=O) groups excluding carboxylic acids is 1. The molecule has 0 fully saturated rings. The molecule has 0 bridgehead atoms. The fourth-order valence-corrected chi connectivity index (χ4v) is 2.47. The first-order valence-electron chi connectivity index (χ1n) is 6.79. The molecule has 118 valence electrons. The minimum absolute atomic E-state index is 0.239. The fraction of sp³-hybridized carbons (Fsp3) is 0.133. The van der Waals surface area contributed by atoms with E-state index in [9.17, 15) is 18.8 Å². The van der Waals surface area contributed by atoms with Crippen molar-refractivity contribution in [3.63, 3.8) is 0 Å². The van der Waals surface area contributed by atoms with Gasteiger partial charge in [0.05, 0.1) is 22.3 Å². The highest BCUT2D eigenvalue weighted by molar-refractivity contribution is 5.84. The van der Waals surface area contributed by atoms with E-state index in [-0.39, 0.29) is 5.39 Å². The van der Waals surface area contributed by atoms with Crippen LogP contribution in [0.1, 0.15) is 12.6 Å². The Hall–Kier alpha value is -3.16. The van der Waals surface area contributed by atoms with Crippen molar-refractivity contribution < 1.29 is 9.18 Å². The van der Waals surface area contributed by atoms with Gasteiger partial charge in [-0.15, -0.1) is 0 Å². The second kappa shape index (κ2) is 5.24. The number of carbonyl (C=O) groups is 1. The maximum Gasteiger partial charge on any atom is 0.280 e. The number of benzene rings is 1. The number of hydrogen-bond donors (Lipinski definition) is 2. The lowest BCUT2D eigenvalue weighted by atomic mass is 10.2. The van der Waals surface area contributed by atoms with Crippen LogP contribution in [0.3, 0.4) is 0 Å². The number of fused-ring (bicyclic) bond motifs is 1. The maximum atomic E-state index is 13.4. The number of halogens is 1. The van der Waals surface area contributed by atoms with Crippen LogP contribution in [0.4, 0.5) is 4.39 Å². The van der Waals surface area contributed by atoms with E-state index in [1.165, 1.54) is 31.2 Å². The van der Waals surface area contributed by atoms with Crippen molar-refractivity contribution in [1.82, 2.24) is 14.5 Å². The topological polar surface area (TPSA) is 88.9 Å². The van der Waals surface area contributed by atoms with E-state index in [4.69, 9.17) is 0 Å². The van der Waals surface area contributed by atoms with E-state index in [2.05, 4.69) is 10.5 Å². The number of aromatic amines is 1. The summed E-state index contributed by atoms with van der Waals surface area (Å²) in [5.74, 6) is -0.918. The summed E-state index contributed by atoms with van der Waals surface area (Å²) < 4.78 is 15.5. The number of H-pyrrole nitrogens is 1. The molecule has 3 aromatic rings. The highest BCUT2D eigenvalue weighted by Gasteiger charge is 2.15. The first-order valence-corrected chi connectivity index (χ1v) is 6.79. The highest BCUT2D eigenvalue weighted by Crippen LogP contribution is 2.13. The van der Waals surface area contributed by atoms with Gasteiger partial charge < -0.3 is 0 Å². The normalized spacial score (nSPS) is 10.9. The molecule has 8 heteroatoms. The van der Waals surface area contributed by atoms with Crippen molar-refractivity contribution >= 4 is 16.8 Å². The standard InChI is InChI=1S/C15H13FN4O3/c1-8-14-12(7-13(22)19(8)17-9(2)21)18-20(15(14)23)11-5-3-4-10(16)6-11/h3-7,18H,1-2H3,(H,17,21). The van der Waals surface area contributed by atoms with Crippen LogP contribution in [-0.2, 0) is 4.79 Å². The van der Waals surface area contributed by atoms with Crippen molar-refractivity contribution in [2.75, 3.05) is 5.43 Å². The van der Waals surface area contributed by atoms with Gasteiger partial charge >= 0.3 is 0 Å². The summed E-state index contributed by atoms with van der Waals surface area (Å²) in [5, 5.41) is 3.02. The molecule has 7 nitrogen and oxygen atoms in total. The van der Waals surface area contributed by atoms with Gasteiger partial charge in [-0.2, -0.15) is 0 Å². The lowest BCUT2D eigenvalue weighted by Gasteiger charge is -2.09. The predicted octanol–water partition coefficient (Wildman–Crippen LogP) is 1.02. The largest absolute Gasteiger partial charge is 0.290 e. The Kier molecular flexibility index (Phi) is 3.36. The van der Waals surface area contributed by atoms with E-state index < -0.39 is 22.8 Å². The zero-order valence-corrected chi connectivity index (χ0v) is 12.4. The quantitative estimate of drug-likeness (QED) is 0.740. The molecule has 0 radical (unpaired) electrons. The summed E-state index contributed by atoms with van der Waals surface area (Å²) in [7, 11) is 0. The van der Waals surface area contributed by atoms with Crippen molar-refractivity contribution in [3.8, 4) is 5.69 Å². The zero-order valence-electron chi connectivity index (χ0n) is 12.4. The number of amides is 1. The molecule has 0 spiro atoms. The van der Waals surface area contributed by atoms with E-state index in [0.717, 1.165) is 9.36 Å². The van der Waals surface area contributed by atoms with E-state index in [1.54, 1.807) is 13.0 Å². The molecule has 0 atom stereocenters. The Morgan fingerprint density at radius 2 is 2.00 bits per heavy atom. The molecular formula is C15H13FN4O3. The average Bonchev–Trinajstić information content (AvgIpc) is 2.80. The Balaban J connectivity index is 2.32. The maximum absolute atomic E-state index is 13.4. The van der Waals surface area contributed by atoms with Gasteiger partial charge in [0.1, 0.15) is 5.82 Å². The lowest BCUT2D eigenvalue weighted by Crippen LogP contribution is -2.33. The molecule has 1 aromatic carbocycles. The zero-order chi connectivity index (χ0) is 16.7. The van der Waals surface area contributed by atoms with Crippen LogP contribution in [0.2, 0.25) is 0 Å². The van der Waals surface area contributed by atoms with Gasteiger partial charge in [0.2, 0.25) is 5.91 Å². The highest BCUT2D eigenvalue weighted by atomic mass is 19.1. The fourth-order valence-electron chi connectivity index (χ4n) is 2.47. The third kappa shape index (κ3) is 2.44. The monoisotopic (exact) mass is 316 g/mol. The molecule has 0 saturated heterocycles. The van der Waals surface area contributed by atoms with Gasteiger partial charge in [0, 0.05) is 13.0 Å². The van der Waals surface area contributed by atoms with Crippen LogP contribution in [0.5, 0.6) is 0 Å². The molecule has 2 aromatic heterocycles. The van der Waals surface area contributed by atoms with Gasteiger partial charge in [-0.25, -0.2) is 13.7 Å². The van der Waals surface area contributed by atoms with Crippen LogP contribution in [0.25, 0.3) is 16.6 Å². The minimum atomic E-state index is -0.488. The van der Waals surface area contributed by atoms with Crippen molar-refractivity contribution in [2.24, 2.45) is 0 Å². The van der Waals surface area contributed by atoms with Gasteiger partial charge in [0.25, 0.3) is 11.1 Å². The lowest BCUT2D eigenvalue weighted by molar-refractivity contribution is -0.115. The summed E-state index contributed by atoms with van der Waals surface area (Å²) in [4.78, 5) is 35.8. The molecule has 0 aliphatic rings. The second-order valence-corrected chi connectivity index (χ2v) is 5.09. The molecule has 2 heterocycles. The number of nitrogens with one attached hydrogen (secondary N) is 2. The number of pyridine rings is 1. The summed E-state index contributed by atoms with van der Waals surface area (Å²) in [6.07, 6.45) is 0. The number of aromatic nitrogens is 3. The number of aryl methyl sites for hydroxylation is 1. The molecule has 0 aliphatic heterocycles. The molecule has 23 heavy (non-hydrogen) atoms. The van der Waals surface area contributed by atoms with Crippen molar-refractivity contribution in [2.45, 2.75) is 13.8 Å². The van der Waals surface area contributed by atoms with Crippen LogP contribution < -0.4 is 16.5 Å². The van der Waals surface area contributed by atoms with Gasteiger partial charge in [-0.1, -0.05) is 6.07 Å². The van der Waals surface area contributed by atoms with Gasteiger partial charge in [-0.3, -0.25) is 24.9 Å². The second-order valence-electron chi connectivity index (χ2n) is 5.09. The van der Waals surface area contributed by atoms with Gasteiger partial charge in [-0.05, 0) is 25.1 Å². The Morgan fingerprint density at radius 1 is 1.26 bits per heavy atom.